The van der Waals surface area contributed by atoms with E-state index in [0.29, 0.717) is 6.42 Å². The smallest absolute Gasteiger partial charge is 0.396 e. The molecule has 0 aromatic heterocycles. The third-order valence-electron chi connectivity index (χ3n) is 1.38. The van der Waals surface area contributed by atoms with Gasteiger partial charge in [-0.05, 0) is 24.1 Å². The van der Waals surface area contributed by atoms with Crippen LogP contribution in [0.1, 0.15) is 5.56 Å². The zero-order valence-electron chi connectivity index (χ0n) is 7.93. The molecule has 0 aliphatic carbocycles. The van der Waals surface area contributed by atoms with Crippen LogP contribution in [0.5, 0.6) is 0 Å². The lowest BCUT2D eigenvalue weighted by molar-refractivity contribution is 0.299. The first-order valence-corrected chi connectivity index (χ1v) is 9.95. The maximum Gasteiger partial charge on any atom is 0.465 e. The van der Waals surface area contributed by atoms with Crippen molar-refractivity contribution in [3.63, 3.8) is 0 Å². The van der Waals surface area contributed by atoms with E-state index in [1.807, 2.05) is 0 Å². The fourth-order valence-corrected chi connectivity index (χ4v) is 0.942. The van der Waals surface area contributed by atoms with E-state index in [4.69, 9.17) is 16.7 Å². The summed E-state index contributed by atoms with van der Waals surface area (Å²) in [7, 11) is 0. The Morgan fingerprint density at radius 1 is 1.57 bits per heavy atom. The average Bonchev–Trinajstić information content (AvgIpc) is 2.13. The molecule has 0 saturated carbocycles. The predicted molar refractivity (Wildman–Crippen MR) is 62.7 cm³/mol. The lowest BCUT2D eigenvalue weighted by Crippen LogP contribution is -1.91. The van der Waals surface area contributed by atoms with Gasteiger partial charge in [0.2, 0.25) is 0 Å². The maximum atomic E-state index is 12.7. The van der Waals surface area contributed by atoms with Gasteiger partial charge in [0.25, 0.3) is 0 Å². The number of aliphatic hydroxyl groups is 1. The Bertz CT molecular complexity index is 273. The molecule has 0 amide bonds. The number of hydrogen-bond donors (Lipinski definition) is 1. The molecule has 0 bridgehead atoms. The van der Waals surface area contributed by atoms with E-state index in [9.17, 15) is 4.39 Å². The van der Waals surface area contributed by atoms with Crippen LogP contribution in [0.15, 0.2) is 18.2 Å². The first-order chi connectivity index (χ1) is 6.65. The molecule has 0 atom stereocenters. The molecule has 0 fully saturated rings. The number of rotatable bonds is 2. The number of benzene rings is 1. The van der Waals surface area contributed by atoms with Crippen molar-refractivity contribution in [2.24, 2.45) is 0 Å². The molecule has 76 valence electrons. The number of halogens is 3. The minimum absolute atomic E-state index is 0.0288. The molecule has 0 aliphatic rings. The first kappa shape index (κ1) is 14.6. The molecule has 14 heavy (non-hydrogen) atoms. The fourth-order valence-electron chi connectivity index (χ4n) is 0.824. The Labute approximate surface area is 104 Å². The van der Waals surface area contributed by atoms with E-state index in [0.717, 1.165) is 5.56 Å². The van der Waals surface area contributed by atoms with Gasteiger partial charge in [0, 0.05) is 6.61 Å². The number of aliphatic hydroxyl groups excluding tert-OH is 1. The van der Waals surface area contributed by atoms with Gasteiger partial charge in [-0.3, -0.25) is 0 Å². The van der Waals surface area contributed by atoms with E-state index < -0.39 is 5.82 Å². The van der Waals surface area contributed by atoms with E-state index >= 15 is 0 Å². The quantitative estimate of drug-likeness (QED) is 0.831. The van der Waals surface area contributed by atoms with Crippen molar-refractivity contribution in [3.8, 4) is 0 Å². The van der Waals surface area contributed by atoms with Crippen molar-refractivity contribution in [2.75, 3.05) is 6.61 Å². The van der Waals surface area contributed by atoms with Gasteiger partial charge in [-0.2, -0.15) is 0 Å². The van der Waals surface area contributed by atoms with Crippen LogP contribution in [0.2, 0.25) is 10.1 Å². The topological polar surface area (TPSA) is 20.2 Å². The molecule has 1 aromatic rings. The van der Waals surface area contributed by atoms with Crippen molar-refractivity contribution < 1.29 is 9.50 Å². The number of hydrogen-bond acceptors (Lipinski definition) is 1. The van der Waals surface area contributed by atoms with Crippen LogP contribution < -0.4 is 0 Å². The highest BCUT2D eigenvalue weighted by molar-refractivity contribution is 9.23. The summed E-state index contributed by atoms with van der Waals surface area (Å²) in [5, 5.41) is 10.8. The molecule has 1 aromatic carbocycles. The predicted octanol–water partition coefficient (Wildman–Crippen LogP) is 3.06. The molecule has 1 N–H and O–H groups in total. The van der Waals surface area contributed by atoms with Gasteiger partial charge < -0.3 is 18.0 Å². The molecule has 0 unspecified atom stereocenters. The molecule has 0 heterocycles. The second-order valence-electron chi connectivity index (χ2n) is 2.49. The fraction of sp³-hybridized carbons (Fsp3) is 0.333. The molecule has 0 aliphatic heterocycles. The molecule has 0 spiro atoms. The molecule has 1 rings (SSSR count). The summed E-state index contributed by atoms with van der Waals surface area (Å²) in [5.74, 6) is -0.433. The van der Waals surface area contributed by atoms with Crippen LogP contribution in [0.4, 0.5) is 4.39 Å². The Kier molecular flexibility index (Phi) is 9.33. The summed E-state index contributed by atoms with van der Waals surface area (Å²) in [6.07, 6.45) is 0.466. The average molecular weight is 294 g/mol. The van der Waals surface area contributed by atoms with Gasteiger partial charge in [0.05, 0.1) is 5.02 Å². The summed E-state index contributed by atoms with van der Waals surface area (Å²) in [5.41, 5.74) is 0.759. The zero-order valence-corrected chi connectivity index (χ0v) is 11.7. The standard InChI is InChI=1S/C8H8ClFO.CH3.BrH.Mg/c9-7-2-1-6(3-4-11)5-8(7)10;;;/h1-2,5,11H,3-4H2;1H3;1H;/q;;;+1/p-1. The largest absolute Gasteiger partial charge is 0.465 e. The van der Waals surface area contributed by atoms with Crippen molar-refractivity contribution >= 4 is 42.7 Å². The molecule has 5 heteroatoms. The molecule has 0 radical (unpaired) electrons. The van der Waals surface area contributed by atoms with Gasteiger partial charge in [-0.1, -0.05) is 17.7 Å². The third kappa shape index (κ3) is 6.19. The van der Waals surface area contributed by atoms with Crippen LogP contribution in [0.3, 0.4) is 0 Å². The minimum Gasteiger partial charge on any atom is -0.396 e. The van der Waals surface area contributed by atoms with Crippen molar-refractivity contribution in [1.29, 1.82) is 0 Å². The SMILES string of the molecule is OCCc1ccc(Cl)c(F)c1.[CH3][Mg][Br]. The maximum absolute atomic E-state index is 12.7. The van der Waals surface area contributed by atoms with Crippen molar-refractivity contribution in [3.05, 3.63) is 34.6 Å². The summed E-state index contributed by atoms with van der Waals surface area (Å²) < 4.78 is 12.7. The van der Waals surface area contributed by atoms with Crippen LogP contribution in [0.25, 0.3) is 0 Å². The molecular weight excluding hydrogens is 283 g/mol. The Hall–Kier alpha value is 0.646. The van der Waals surface area contributed by atoms with Crippen LogP contribution in [-0.2, 0) is 6.42 Å². The third-order valence-corrected chi connectivity index (χ3v) is 1.69. The summed E-state index contributed by atoms with van der Waals surface area (Å²) in [6.45, 7) is 0.0288. The molecular formula is C9H11BrClFMgO. The summed E-state index contributed by atoms with van der Waals surface area (Å²) in [4.78, 5) is 0. The highest BCUT2D eigenvalue weighted by Gasteiger charge is 1.99. The zero-order chi connectivity index (χ0) is 11.0. The van der Waals surface area contributed by atoms with E-state index in [1.54, 1.807) is 6.07 Å². The lowest BCUT2D eigenvalue weighted by atomic mass is 10.2. The van der Waals surface area contributed by atoms with Crippen LogP contribution in [-0.4, -0.2) is 29.9 Å². The van der Waals surface area contributed by atoms with Crippen molar-refractivity contribution in [1.82, 2.24) is 0 Å². The van der Waals surface area contributed by atoms with E-state index in [1.165, 1.54) is 12.1 Å². The molecule has 0 saturated heterocycles. The van der Waals surface area contributed by atoms with Crippen molar-refractivity contribution in [2.45, 2.75) is 11.5 Å². The second-order valence-corrected chi connectivity index (χ2v) is 6.80. The monoisotopic (exact) mass is 292 g/mol. The minimum atomic E-state index is -0.433. The highest BCUT2D eigenvalue weighted by atomic mass is 79.9. The molecule has 1 nitrogen and oxygen atoms in total. The first-order valence-electron chi connectivity index (χ1n) is 4.26. The van der Waals surface area contributed by atoms with Crippen LogP contribution >= 0.6 is 24.5 Å². The van der Waals surface area contributed by atoms with Gasteiger partial charge in [-0.15, -0.1) is 5.05 Å². The van der Waals surface area contributed by atoms with Gasteiger partial charge >= 0.3 is 18.2 Å². The Morgan fingerprint density at radius 3 is 2.57 bits per heavy atom. The summed E-state index contributed by atoms with van der Waals surface area (Å²) >= 11 is 8.96. The second kappa shape index (κ2) is 8.91. The normalized spacial score (nSPS) is 8.64. The van der Waals surface area contributed by atoms with Gasteiger partial charge in [0.1, 0.15) is 5.82 Å². The highest BCUT2D eigenvalue weighted by Crippen LogP contribution is 2.15. The van der Waals surface area contributed by atoms with Gasteiger partial charge in [0.15, 0.2) is 0 Å². The Morgan fingerprint density at radius 2 is 2.14 bits per heavy atom. The van der Waals surface area contributed by atoms with Crippen LogP contribution in [0, 0.1) is 5.82 Å². The summed E-state index contributed by atoms with van der Waals surface area (Å²) in [6, 6.07) is 4.52. The van der Waals surface area contributed by atoms with Gasteiger partial charge in [-0.25, -0.2) is 4.39 Å². The lowest BCUT2D eigenvalue weighted by Gasteiger charge is -1.98. The van der Waals surface area contributed by atoms with E-state index in [2.05, 4.69) is 17.9 Å². The van der Waals surface area contributed by atoms with E-state index in [-0.39, 0.29) is 29.8 Å². The Balaban J connectivity index is 0.000000500.